The molecule has 0 unspecified atom stereocenters. The largest absolute Gasteiger partial charge is 0.347 e. The first-order chi connectivity index (χ1) is 14.8. The number of hydrogen-bond acceptors (Lipinski definition) is 5. The van der Waals surface area contributed by atoms with E-state index in [4.69, 9.17) is 0 Å². The molecule has 1 aromatic rings. The number of amides is 3. The van der Waals surface area contributed by atoms with Crippen molar-refractivity contribution in [2.45, 2.75) is 64.6 Å². The third-order valence-electron chi connectivity index (χ3n) is 4.92. The van der Waals surface area contributed by atoms with E-state index in [1.165, 1.54) is 0 Å². The molecule has 0 aliphatic carbocycles. The van der Waals surface area contributed by atoms with Crippen LogP contribution >= 0.6 is 11.8 Å². The minimum Gasteiger partial charge on any atom is -0.347 e. The van der Waals surface area contributed by atoms with Gasteiger partial charge in [-0.15, -0.1) is 0 Å². The summed E-state index contributed by atoms with van der Waals surface area (Å²) in [4.78, 5) is 49.3. The normalized spacial score (nSPS) is 13.7. The fraction of sp³-hybridized carbons (Fsp3) is 0.565. The number of benzene rings is 1. The van der Waals surface area contributed by atoms with Gasteiger partial charge in [0.2, 0.25) is 18.2 Å². The van der Waals surface area contributed by atoms with Crippen molar-refractivity contribution in [3.8, 4) is 0 Å². The molecule has 3 amide bonds. The maximum Gasteiger partial charge on any atom is 0.243 e. The predicted molar refractivity (Wildman–Crippen MR) is 125 cm³/mol. The van der Waals surface area contributed by atoms with E-state index in [2.05, 4.69) is 16.0 Å². The number of hydrogen-bond donors (Lipinski definition) is 3. The molecule has 0 bridgehead atoms. The van der Waals surface area contributed by atoms with Gasteiger partial charge >= 0.3 is 0 Å². The van der Waals surface area contributed by atoms with Gasteiger partial charge in [-0.05, 0) is 36.8 Å². The monoisotopic (exact) mass is 449 g/mol. The number of carbonyl (C=O) groups is 4. The Hall–Kier alpha value is -2.35. The predicted octanol–water partition coefficient (Wildman–Crippen LogP) is 2.09. The van der Waals surface area contributed by atoms with Gasteiger partial charge in [0.15, 0.2) is 5.78 Å². The molecule has 0 heterocycles. The van der Waals surface area contributed by atoms with Crippen molar-refractivity contribution in [1.82, 2.24) is 16.0 Å². The van der Waals surface area contributed by atoms with E-state index < -0.39 is 24.0 Å². The molecule has 0 fully saturated rings. The summed E-state index contributed by atoms with van der Waals surface area (Å²) in [6.07, 6.45) is 4.38. The number of Topliss-reactive ketones (excluding diaryl/α,β-unsaturated/α-hetero) is 1. The van der Waals surface area contributed by atoms with Crippen LogP contribution in [-0.2, 0) is 25.6 Å². The number of thioether (sulfide) groups is 1. The van der Waals surface area contributed by atoms with Crippen molar-refractivity contribution in [2.75, 3.05) is 12.0 Å². The Kier molecular flexibility index (Phi) is 12.6. The Balaban J connectivity index is 2.92. The van der Waals surface area contributed by atoms with E-state index in [-0.39, 0.29) is 17.6 Å². The van der Waals surface area contributed by atoms with Crippen molar-refractivity contribution >= 4 is 35.8 Å². The van der Waals surface area contributed by atoms with E-state index in [9.17, 15) is 19.2 Å². The first-order valence-electron chi connectivity index (χ1n) is 10.7. The molecule has 1 rings (SSSR count). The smallest absolute Gasteiger partial charge is 0.243 e. The lowest BCUT2D eigenvalue weighted by Crippen LogP contribution is -2.55. The van der Waals surface area contributed by atoms with Crippen molar-refractivity contribution < 1.29 is 19.2 Å². The average molecular weight is 450 g/mol. The minimum absolute atomic E-state index is 0.0563. The quantitative estimate of drug-likeness (QED) is 0.356. The van der Waals surface area contributed by atoms with Gasteiger partial charge in [0.05, 0.1) is 6.04 Å². The Bertz CT molecular complexity index is 712. The number of rotatable bonds is 15. The molecule has 3 N–H and O–H groups in total. The van der Waals surface area contributed by atoms with Gasteiger partial charge in [-0.3, -0.25) is 19.2 Å². The SMILES string of the molecule is CCC[C@@H](NC(=O)[C@@H](CCSC)NC=O)C(=O)N[C@H](Cc1ccccc1)C(=O)C(C)C. The fourth-order valence-electron chi connectivity index (χ4n) is 3.18. The summed E-state index contributed by atoms with van der Waals surface area (Å²) in [6, 6.07) is 7.36. The molecule has 172 valence electrons. The van der Waals surface area contributed by atoms with Crippen LogP contribution in [0.5, 0.6) is 0 Å². The highest BCUT2D eigenvalue weighted by molar-refractivity contribution is 7.98. The highest BCUT2D eigenvalue weighted by Gasteiger charge is 2.29. The van der Waals surface area contributed by atoms with Crippen LogP contribution in [-0.4, -0.2) is 54.1 Å². The highest BCUT2D eigenvalue weighted by Crippen LogP contribution is 2.10. The highest BCUT2D eigenvalue weighted by atomic mass is 32.2. The summed E-state index contributed by atoms with van der Waals surface area (Å²) >= 11 is 1.57. The van der Waals surface area contributed by atoms with E-state index in [1.54, 1.807) is 25.6 Å². The molecule has 0 saturated carbocycles. The van der Waals surface area contributed by atoms with E-state index >= 15 is 0 Å². The number of carbonyl (C=O) groups excluding carboxylic acids is 4. The summed E-state index contributed by atoms with van der Waals surface area (Å²) < 4.78 is 0. The van der Waals surface area contributed by atoms with Crippen LogP contribution in [0.15, 0.2) is 30.3 Å². The molecule has 1 aromatic carbocycles. The third-order valence-corrected chi connectivity index (χ3v) is 5.56. The van der Waals surface area contributed by atoms with E-state index in [0.29, 0.717) is 37.8 Å². The topological polar surface area (TPSA) is 104 Å². The lowest BCUT2D eigenvalue weighted by molar-refractivity contribution is -0.133. The molecule has 31 heavy (non-hydrogen) atoms. The molecular weight excluding hydrogens is 414 g/mol. The van der Waals surface area contributed by atoms with Crippen molar-refractivity contribution in [2.24, 2.45) is 5.92 Å². The van der Waals surface area contributed by atoms with E-state index in [0.717, 1.165) is 5.56 Å². The van der Waals surface area contributed by atoms with Crippen molar-refractivity contribution in [3.63, 3.8) is 0 Å². The van der Waals surface area contributed by atoms with Gasteiger partial charge in [0.1, 0.15) is 12.1 Å². The lowest BCUT2D eigenvalue weighted by Gasteiger charge is -2.25. The molecular formula is C23H35N3O4S. The number of nitrogens with one attached hydrogen (secondary N) is 3. The van der Waals surface area contributed by atoms with Crippen LogP contribution in [0.4, 0.5) is 0 Å². The Morgan fingerprint density at radius 3 is 2.13 bits per heavy atom. The zero-order chi connectivity index (χ0) is 23.2. The third kappa shape index (κ3) is 9.55. The summed E-state index contributed by atoms with van der Waals surface area (Å²) in [5, 5.41) is 8.13. The van der Waals surface area contributed by atoms with Crippen LogP contribution < -0.4 is 16.0 Å². The first kappa shape index (κ1) is 26.7. The lowest BCUT2D eigenvalue weighted by atomic mass is 9.95. The summed E-state index contributed by atoms with van der Waals surface area (Å²) in [7, 11) is 0. The fourth-order valence-corrected chi connectivity index (χ4v) is 3.66. The first-order valence-corrected chi connectivity index (χ1v) is 12.1. The molecule has 3 atom stereocenters. The van der Waals surface area contributed by atoms with Gasteiger partial charge in [-0.1, -0.05) is 57.5 Å². The van der Waals surface area contributed by atoms with Crippen molar-refractivity contribution in [3.05, 3.63) is 35.9 Å². The standard InChI is InChI=1S/C23H35N3O4S/c1-5-9-19(25-22(29)18(24-15-27)12-13-31-4)23(30)26-20(21(28)16(2)3)14-17-10-7-6-8-11-17/h6-8,10-11,15-16,18-20H,5,9,12-14H2,1-4H3,(H,24,27)(H,25,29)(H,26,30)/t18-,19-,20-/m1/s1. The zero-order valence-electron chi connectivity index (χ0n) is 18.9. The molecule has 0 aliphatic rings. The summed E-state index contributed by atoms with van der Waals surface area (Å²) in [5.74, 6) is -0.379. The molecule has 0 radical (unpaired) electrons. The Labute approximate surface area is 189 Å². The van der Waals surface area contributed by atoms with Crippen molar-refractivity contribution in [1.29, 1.82) is 0 Å². The molecule has 7 nitrogen and oxygen atoms in total. The maximum atomic E-state index is 13.0. The number of ketones is 1. The summed E-state index contributed by atoms with van der Waals surface area (Å²) in [6.45, 7) is 5.53. The van der Waals surface area contributed by atoms with Gasteiger partial charge in [0, 0.05) is 5.92 Å². The molecule has 0 saturated heterocycles. The second-order valence-electron chi connectivity index (χ2n) is 7.78. The second-order valence-corrected chi connectivity index (χ2v) is 8.76. The molecule has 8 heteroatoms. The van der Waals surface area contributed by atoms with Crippen LogP contribution in [0, 0.1) is 5.92 Å². The van der Waals surface area contributed by atoms with Crippen LogP contribution in [0.25, 0.3) is 0 Å². The molecule has 0 spiro atoms. The molecule has 0 aliphatic heterocycles. The Morgan fingerprint density at radius 2 is 1.58 bits per heavy atom. The van der Waals surface area contributed by atoms with Gasteiger partial charge in [-0.2, -0.15) is 11.8 Å². The van der Waals surface area contributed by atoms with Crippen LogP contribution in [0.3, 0.4) is 0 Å². The maximum absolute atomic E-state index is 13.0. The minimum atomic E-state index is -0.777. The van der Waals surface area contributed by atoms with Crippen LogP contribution in [0.2, 0.25) is 0 Å². The van der Waals surface area contributed by atoms with Gasteiger partial charge in [-0.25, -0.2) is 0 Å². The van der Waals surface area contributed by atoms with Gasteiger partial charge < -0.3 is 16.0 Å². The Morgan fingerprint density at radius 1 is 0.968 bits per heavy atom. The second kappa shape index (κ2) is 14.6. The van der Waals surface area contributed by atoms with E-state index in [1.807, 2.05) is 43.5 Å². The summed E-state index contributed by atoms with van der Waals surface area (Å²) in [5.41, 5.74) is 0.949. The average Bonchev–Trinajstić information content (AvgIpc) is 2.75. The molecule has 0 aromatic heterocycles. The van der Waals surface area contributed by atoms with Crippen LogP contribution in [0.1, 0.15) is 45.6 Å². The van der Waals surface area contributed by atoms with Gasteiger partial charge in [0.25, 0.3) is 0 Å². The zero-order valence-corrected chi connectivity index (χ0v) is 19.7.